The van der Waals surface area contributed by atoms with E-state index in [1.807, 2.05) is 56.3 Å². The summed E-state index contributed by atoms with van der Waals surface area (Å²) < 4.78 is 51.9. The number of carbonyl (C=O) groups is 2. The zero-order valence-electron chi connectivity index (χ0n) is 38.3. The van der Waals surface area contributed by atoms with Gasteiger partial charge in [0.2, 0.25) is 0 Å². The van der Waals surface area contributed by atoms with Gasteiger partial charge in [0.15, 0.2) is 6.61 Å². The zero-order chi connectivity index (χ0) is 45.8. The highest BCUT2D eigenvalue weighted by Crippen LogP contribution is 2.39. The molecule has 16 heteroatoms. The van der Waals surface area contributed by atoms with Crippen molar-refractivity contribution in [3.63, 3.8) is 0 Å². The van der Waals surface area contributed by atoms with Gasteiger partial charge in [-0.2, -0.15) is 5.10 Å². The second kappa shape index (κ2) is 26.1. The second-order valence-electron chi connectivity index (χ2n) is 15.6. The van der Waals surface area contributed by atoms with Gasteiger partial charge in [-0.15, -0.1) is 0 Å². The van der Waals surface area contributed by atoms with E-state index in [1.54, 1.807) is 10.6 Å². The fourth-order valence-electron chi connectivity index (χ4n) is 7.68. The predicted molar refractivity (Wildman–Crippen MR) is 245 cm³/mol. The highest BCUT2D eigenvalue weighted by Gasteiger charge is 2.34. The number of unbranched alkanes of at least 4 members (excludes halogenated alkanes) is 1. The van der Waals surface area contributed by atoms with Crippen LogP contribution in [0.3, 0.4) is 0 Å². The Morgan fingerprint density at radius 2 is 1.37 bits per heavy atom. The monoisotopic (exact) mass is 900 g/mol. The standard InChI is InChI=1S/C49H64N4O12/c1-5-16-57-19-21-59-23-25-61-27-28-62-26-24-60-22-20-58-17-8-9-18-63-36-12-10-35(11-13-36)34(4)51-52-46(54)33-64-37-14-15-44-41(29-37)38(6-2)42-31-53-45(47(42)50-44)30-40-39(7-3)49(56)65-32-43(40)48(53)55/h10-15,29-30,39H,5-9,16-28,31-33H2,1-4H3,(H,52,54)/b51-34+. The highest BCUT2D eigenvalue weighted by molar-refractivity contribution is 5.99. The minimum absolute atomic E-state index is 0.0139. The molecular weight excluding hydrogens is 837 g/mol. The van der Waals surface area contributed by atoms with Crippen molar-refractivity contribution in [1.82, 2.24) is 15.0 Å². The Kier molecular flexibility index (Phi) is 19.7. The van der Waals surface area contributed by atoms with Gasteiger partial charge >= 0.3 is 5.97 Å². The third-order valence-electron chi connectivity index (χ3n) is 11.1. The fraction of sp³-hybridized carbons (Fsp3) is 0.531. The maximum Gasteiger partial charge on any atom is 0.313 e. The Morgan fingerprint density at radius 1 is 0.754 bits per heavy atom. The lowest BCUT2D eigenvalue weighted by atomic mass is 9.90. The van der Waals surface area contributed by atoms with Crippen molar-refractivity contribution >= 4 is 28.5 Å². The van der Waals surface area contributed by atoms with Gasteiger partial charge in [-0.25, -0.2) is 10.4 Å². The molecule has 1 N–H and O–H groups in total. The van der Waals surface area contributed by atoms with Gasteiger partial charge in [-0.1, -0.05) is 20.8 Å². The predicted octanol–water partition coefficient (Wildman–Crippen LogP) is 6.13. The molecule has 4 aromatic rings. The lowest BCUT2D eigenvalue weighted by Gasteiger charge is -2.24. The molecule has 2 aliphatic rings. The fourth-order valence-corrected chi connectivity index (χ4v) is 7.68. The van der Waals surface area contributed by atoms with Crippen LogP contribution in [0.1, 0.15) is 87.1 Å². The van der Waals surface area contributed by atoms with E-state index in [1.165, 1.54) is 0 Å². The van der Waals surface area contributed by atoms with E-state index in [2.05, 4.69) is 24.4 Å². The molecule has 6 rings (SSSR count). The van der Waals surface area contributed by atoms with Crippen LogP contribution in [0.5, 0.6) is 11.5 Å². The number of benzene rings is 2. The van der Waals surface area contributed by atoms with Gasteiger partial charge in [-0.3, -0.25) is 14.4 Å². The van der Waals surface area contributed by atoms with Crippen LogP contribution in [0.15, 0.2) is 58.4 Å². The summed E-state index contributed by atoms with van der Waals surface area (Å²) in [6.45, 7) is 15.4. The van der Waals surface area contributed by atoms with Crippen LogP contribution in [0.4, 0.5) is 0 Å². The first-order valence-corrected chi connectivity index (χ1v) is 22.9. The number of hydrazone groups is 1. The first-order chi connectivity index (χ1) is 31.8. The number of esters is 1. The van der Waals surface area contributed by atoms with Gasteiger partial charge in [0.25, 0.3) is 11.5 Å². The molecule has 0 fully saturated rings. The molecule has 0 aliphatic carbocycles. The van der Waals surface area contributed by atoms with E-state index < -0.39 is 11.8 Å². The summed E-state index contributed by atoms with van der Waals surface area (Å²) in [6, 6.07) is 15.0. The van der Waals surface area contributed by atoms with Crippen LogP contribution in [-0.2, 0) is 62.3 Å². The van der Waals surface area contributed by atoms with Crippen molar-refractivity contribution in [3.05, 3.63) is 86.7 Å². The van der Waals surface area contributed by atoms with Gasteiger partial charge in [-0.05, 0) is 104 Å². The van der Waals surface area contributed by atoms with Crippen molar-refractivity contribution in [3.8, 4) is 22.9 Å². The van der Waals surface area contributed by atoms with Gasteiger partial charge in [0.1, 0.15) is 18.1 Å². The van der Waals surface area contributed by atoms with Crippen LogP contribution >= 0.6 is 0 Å². The summed E-state index contributed by atoms with van der Waals surface area (Å²) >= 11 is 0. The van der Waals surface area contributed by atoms with Crippen LogP contribution in [0.25, 0.3) is 22.3 Å². The molecule has 2 aromatic carbocycles. The average Bonchev–Trinajstić information content (AvgIpc) is 3.69. The van der Waals surface area contributed by atoms with E-state index >= 15 is 0 Å². The minimum Gasteiger partial charge on any atom is -0.494 e. The molecule has 16 nitrogen and oxygen atoms in total. The number of aromatic nitrogens is 2. The number of aryl methyl sites for hydroxylation is 1. The van der Waals surface area contributed by atoms with Gasteiger partial charge in [0, 0.05) is 24.2 Å². The Hall–Kier alpha value is -5.23. The number of pyridine rings is 2. The first-order valence-electron chi connectivity index (χ1n) is 22.9. The van der Waals surface area contributed by atoms with Gasteiger partial charge < -0.3 is 47.2 Å². The minimum atomic E-state index is -0.467. The Labute approximate surface area is 380 Å². The van der Waals surface area contributed by atoms with Crippen molar-refractivity contribution in [2.24, 2.45) is 5.10 Å². The lowest BCUT2D eigenvalue weighted by Crippen LogP contribution is -2.32. The summed E-state index contributed by atoms with van der Waals surface area (Å²) in [7, 11) is 0. The molecule has 4 heterocycles. The number of fused-ring (bicyclic) bond motifs is 5. The molecule has 1 atom stereocenters. The number of hydrogen-bond donors (Lipinski definition) is 1. The van der Waals surface area contributed by atoms with Crippen molar-refractivity contribution in [1.29, 1.82) is 0 Å². The number of amides is 1. The number of rotatable bonds is 30. The largest absolute Gasteiger partial charge is 0.494 e. The number of cyclic esters (lactones) is 1. The Morgan fingerprint density at radius 3 is 2.00 bits per heavy atom. The average molecular weight is 901 g/mol. The van der Waals surface area contributed by atoms with E-state index in [0.717, 1.165) is 76.2 Å². The Balaban J connectivity index is 0.837. The van der Waals surface area contributed by atoms with E-state index in [0.29, 0.717) is 116 Å². The van der Waals surface area contributed by atoms with Crippen molar-refractivity contribution in [2.45, 2.75) is 78.9 Å². The smallest absolute Gasteiger partial charge is 0.313 e. The molecule has 0 saturated heterocycles. The van der Waals surface area contributed by atoms with Crippen LogP contribution in [0, 0.1) is 0 Å². The quantitative estimate of drug-likeness (QED) is 0.0242. The molecule has 0 bridgehead atoms. The van der Waals surface area contributed by atoms with Crippen LogP contribution in [-0.4, -0.2) is 120 Å². The number of carbonyl (C=O) groups excluding carboxylic acids is 2. The number of nitrogens with one attached hydrogen (secondary N) is 1. The molecule has 0 saturated carbocycles. The summed E-state index contributed by atoms with van der Waals surface area (Å²) in [5.41, 5.74) is 9.43. The molecule has 0 radical (unpaired) electrons. The number of nitrogens with zero attached hydrogens (tertiary/aromatic N) is 3. The number of ether oxygens (including phenoxy) is 9. The second-order valence-corrected chi connectivity index (χ2v) is 15.6. The summed E-state index contributed by atoms with van der Waals surface area (Å²) in [5, 5.41) is 5.17. The van der Waals surface area contributed by atoms with E-state index in [-0.39, 0.29) is 24.7 Å². The third kappa shape index (κ3) is 13.9. The van der Waals surface area contributed by atoms with Crippen molar-refractivity contribution < 1.29 is 52.2 Å². The molecule has 2 aromatic heterocycles. The maximum absolute atomic E-state index is 13.6. The topological polar surface area (TPSA) is 176 Å². The normalized spacial score (nSPS) is 14.2. The zero-order valence-corrected chi connectivity index (χ0v) is 38.3. The first kappa shape index (κ1) is 49.2. The SMILES string of the molecule is CCCOCCOCCOCCOCCOCCOCCCCOc1ccc(/C(C)=N/NC(=O)COc2ccc3nc4c(c(CC)c3c2)Cn2c-4cc3c(c2=O)COC(=O)C3CC)cc1. The third-order valence-corrected chi connectivity index (χ3v) is 11.1. The Bertz CT molecular complexity index is 2260. The molecule has 1 amide bonds. The van der Waals surface area contributed by atoms with Crippen molar-refractivity contribution in [2.75, 3.05) is 92.5 Å². The van der Waals surface area contributed by atoms with E-state index in [9.17, 15) is 14.4 Å². The molecule has 1 unspecified atom stereocenters. The van der Waals surface area contributed by atoms with E-state index in [4.69, 9.17) is 47.6 Å². The van der Waals surface area contributed by atoms with Gasteiger partial charge in [0.05, 0.1) is 113 Å². The number of hydrogen-bond acceptors (Lipinski definition) is 14. The molecule has 352 valence electrons. The summed E-state index contributed by atoms with van der Waals surface area (Å²) in [4.78, 5) is 43.9. The summed E-state index contributed by atoms with van der Waals surface area (Å²) in [6.07, 6.45) is 3.98. The lowest BCUT2D eigenvalue weighted by molar-refractivity contribution is -0.148. The van der Waals surface area contributed by atoms with Crippen LogP contribution < -0.4 is 20.5 Å². The highest BCUT2D eigenvalue weighted by atomic mass is 16.6. The summed E-state index contributed by atoms with van der Waals surface area (Å²) in [5.74, 6) is 0.0925. The molecule has 65 heavy (non-hydrogen) atoms. The maximum atomic E-state index is 13.6. The molecular formula is C49H64N4O12. The molecule has 2 aliphatic heterocycles. The molecule has 0 spiro atoms. The van der Waals surface area contributed by atoms with Crippen LogP contribution in [0.2, 0.25) is 0 Å².